The van der Waals surface area contributed by atoms with Gasteiger partial charge in [0, 0.05) is 60.4 Å². The van der Waals surface area contributed by atoms with E-state index in [9.17, 15) is 5.11 Å². The van der Waals surface area contributed by atoms with Gasteiger partial charge in [0.2, 0.25) is 0 Å². The molecule has 1 saturated heterocycles. The summed E-state index contributed by atoms with van der Waals surface area (Å²) in [5, 5.41) is 14.6. The Morgan fingerprint density at radius 1 is 1.07 bits per heavy atom. The monoisotopic (exact) mass is 413 g/mol. The van der Waals surface area contributed by atoms with Crippen molar-refractivity contribution < 1.29 is 5.11 Å². The molecule has 0 spiro atoms. The van der Waals surface area contributed by atoms with Crippen molar-refractivity contribution in [3.05, 3.63) is 47.2 Å². The summed E-state index contributed by atoms with van der Waals surface area (Å²) in [4.78, 5) is 9.65. The Labute approximate surface area is 176 Å². The maximum atomic E-state index is 9.21. The molecule has 3 heterocycles. The van der Waals surface area contributed by atoms with Gasteiger partial charge >= 0.3 is 0 Å². The van der Waals surface area contributed by atoms with Gasteiger partial charge in [-0.1, -0.05) is 50.6 Å². The molecule has 1 aliphatic heterocycles. The van der Waals surface area contributed by atoms with Gasteiger partial charge in [-0.25, -0.2) is 4.98 Å². The number of halogens is 1. The third kappa shape index (κ3) is 3.97. The lowest BCUT2D eigenvalue weighted by Crippen LogP contribution is -2.47. The Morgan fingerprint density at radius 2 is 1.79 bits per heavy atom. The van der Waals surface area contributed by atoms with Crippen LogP contribution in [0.4, 0.5) is 5.82 Å². The van der Waals surface area contributed by atoms with Crippen LogP contribution in [-0.4, -0.2) is 63.9 Å². The van der Waals surface area contributed by atoms with E-state index in [1.807, 2.05) is 35.0 Å². The summed E-state index contributed by atoms with van der Waals surface area (Å²) in [6.07, 6.45) is 1.86. The second kappa shape index (κ2) is 7.94. The molecule has 1 fully saturated rings. The number of benzene rings is 1. The summed E-state index contributed by atoms with van der Waals surface area (Å²) in [5.74, 6) is 1.06. The third-order valence-electron chi connectivity index (χ3n) is 5.50. The van der Waals surface area contributed by atoms with Crippen molar-refractivity contribution >= 4 is 23.1 Å². The number of nitrogens with zero attached hydrogens (tertiary/aromatic N) is 5. The predicted molar refractivity (Wildman–Crippen MR) is 118 cm³/mol. The van der Waals surface area contributed by atoms with Crippen molar-refractivity contribution in [1.29, 1.82) is 0 Å². The van der Waals surface area contributed by atoms with Crippen molar-refractivity contribution in [3.63, 3.8) is 0 Å². The van der Waals surface area contributed by atoms with Crippen LogP contribution >= 0.6 is 11.6 Å². The van der Waals surface area contributed by atoms with Gasteiger partial charge in [-0.3, -0.25) is 4.90 Å². The highest BCUT2D eigenvalue weighted by Gasteiger charge is 2.25. The zero-order valence-corrected chi connectivity index (χ0v) is 18.0. The number of hydrogen-bond donors (Lipinski definition) is 1. The average Bonchev–Trinajstić information content (AvgIpc) is 3.12. The molecule has 4 rings (SSSR count). The number of piperazine rings is 1. The molecule has 0 amide bonds. The minimum Gasteiger partial charge on any atom is -0.395 e. The lowest BCUT2D eigenvalue weighted by molar-refractivity contribution is 0.188. The first-order valence-corrected chi connectivity index (χ1v) is 10.5. The fraction of sp³-hybridized carbons (Fsp3) is 0.455. The average molecular weight is 414 g/mol. The summed E-state index contributed by atoms with van der Waals surface area (Å²) >= 11 is 6.48. The molecular formula is C22H28ClN5O. The Hall–Kier alpha value is -2.15. The van der Waals surface area contributed by atoms with Gasteiger partial charge in [-0.05, 0) is 6.07 Å². The van der Waals surface area contributed by atoms with Crippen LogP contribution in [0.3, 0.4) is 0 Å². The molecule has 0 atom stereocenters. The van der Waals surface area contributed by atoms with Crippen LogP contribution in [0.15, 0.2) is 36.5 Å². The van der Waals surface area contributed by atoms with E-state index in [1.165, 1.54) is 0 Å². The first kappa shape index (κ1) is 20.1. The second-order valence-electron chi connectivity index (χ2n) is 8.58. The van der Waals surface area contributed by atoms with Crippen molar-refractivity contribution in [2.24, 2.45) is 0 Å². The Bertz CT molecular complexity index is 1000. The zero-order valence-electron chi connectivity index (χ0n) is 17.3. The fourth-order valence-corrected chi connectivity index (χ4v) is 4.01. The summed E-state index contributed by atoms with van der Waals surface area (Å²) < 4.78 is 1.94. The topological polar surface area (TPSA) is 56.9 Å². The number of aliphatic hydroxyl groups is 1. The maximum absolute atomic E-state index is 9.21. The zero-order chi connectivity index (χ0) is 20.6. The number of anilines is 1. The highest BCUT2D eigenvalue weighted by molar-refractivity contribution is 6.33. The largest absolute Gasteiger partial charge is 0.395 e. The summed E-state index contributed by atoms with van der Waals surface area (Å²) in [6.45, 7) is 11.1. The normalized spacial score (nSPS) is 16.0. The van der Waals surface area contributed by atoms with Crippen molar-refractivity contribution in [1.82, 2.24) is 19.5 Å². The molecule has 2 aromatic heterocycles. The van der Waals surface area contributed by atoms with E-state index in [4.69, 9.17) is 21.7 Å². The van der Waals surface area contributed by atoms with Gasteiger partial charge in [0.1, 0.15) is 5.82 Å². The molecule has 0 radical (unpaired) electrons. The molecular weight excluding hydrogens is 386 g/mol. The molecule has 6 nitrogen and oxygen atoms in total. The van der Waals surface area contributed by atoms with E-state index < -0.39 is 0 Å². The minimum absolute atomic E-state index is 0.0861. The van der Waals surface area contributed by atoms with Crippen molar-refractivity contribution in [2.45, 2.75) is 26.2 Å². The van der Waals surface area contributed by atoms with Crippen LogP contribution in [0.2, 0.25) is 5.02 Å². The number of rotatable bonds is 4. The third-order valence-corrected chi connectivity index (χ3v) is 5.83. The molecule has 29 heavy (non-hydrogen) atoms. The molecule has 1 aromatic carbocycles. The standard InChI is InChI=1S/C22H28ClN5O/c1-22(2,3)19-14-20(27-10-8-26(9-11-27)12-13-29)28-21(25-19)17(15-24-28)16-6-4-5-7-18(16)23/h4-7,14-15,29H,8-13H2,1-3H3. The van der Waals surface area contributed by atoms with Crippen LogP contribution in [0, 0.1) is 0 Å². The fourth-order valence-electron chi connectivity index (χ4n) is 3.77. The number of aromatic nitrogens is 3. The van der Waals surface area contributed by atoms with E-state index in [2.05, 4.69) is 36.6 Å². The second-order valence-corrected chi connectivity index (χ2v) is 8.98. The number of aliphatic hydroxyl groups excluding tert-OH is 1. The minimum atomic E-state index is -0.0861. The molecule has 3 aromatic rings. The number of fused-ring (bicyclic) bond motifs is 1. The van der Waals surface area contributed by atoms with Crippen LogP contribution < -0.4 is 4.90 Å². The summed E-state index contributed by atoms with van der Waals surface area (Å²) in [6, 6.07) is 9.99. The van der Waals surface area contributed by atoms with Gasteiger partial charge in [-0.15, -0.1) is 0 Å². The first-order valence-electron chi connectivity index (χ1n) is 10.1. The van der Waals surface area contributed by atoms with Crippen LogP contribution in [-0.2, 0) is 5.41 Å². The maximum Gasteiger partial charge on any atom is 0.165 e. The first-order chi connectivity index (χ1) is 13.9. The predicted octanol–water partition coefficient (Wildman–Crippen LogP) is 3.46. The van der Waals surface area contributed by atoms with Gasteiger partial charge in [-0.2, -0.15) is 9.61 Å². The lowest BCUT2D eigenvalue weighted by Gasteiger charge is -2.36. The van der Waals surface area contributed by atoms with Gasteiger partial charge in [0.25, 0.3) is 0 Å². The van der Waals surface area contributed by atoms with Crippen molar-refractivity contribution in [2.75, 3.05) is 44.2 Å². The van der Waals surface area contributed by atoms with Gasteiger partial charge in [0.05, 0.1) is 18.5 Å². The molecule has 0 aliphatic carbocycles. The van der Waals surface area contributed by atoms with Crippen LogP contribution in [0.1, 0.15) is 26.5 Å². The Balaban J connectivity index is 1.81. The van der Waals surface area contributed by atoms with Gasteiger partial charge < -0.3 is 10.0 Å². The van der Waals surface area contributed by atoms with E-state index in [1.54, 1.807) is 0 Å². The summed E-state index contributed by atoms with van der Waals surface area (Å²) in [7, 11) is 0. The quantitative estimate of drug-likeness (QED) is 0.709. The van der Waals surface area contributed by atoms with Crippen LogP contribution in [0.5, 0.6) is 0 Å². The number of hydrogen-bond acceptors (Lipinski definition) is 5. The Morgan fingerprint density at radius 3 is 2.45 bits per heavy atom. The molecule has 1 N–H and O–H groups in total. The van der Waals surface area contributed by atoms with Gasteiger partial charge in [0.15, 0.2) is 5.65 Å². The van der Waals surface area contributed by atoms with Crippen LogP contribution in [0.25, 0.3) is 16.8 Å². The number of β-amino-alcohol motifs (C(OH)–C–C–N with tert-alkyl or cyclic N) is 1. The van der Waals surface area contributed by atoms with E-state index in [0.29, 0.717) is 5.02 Å². The van der Waals surface area contributed by atoms with E-state index in [-0.39, 0.29) is 12.0 Å². The smallest absolute Gasteiger partial charge is 0.165 e. The molecule has 0 unspecified atom stereocenters. The van der Waals surface area contributed by atoms with E-state index in [0.717, 1.165) is 61.0 Å². The highest BCUT2D eigenvalue weighted by atomic mass is 35.5. The molecule has 0 saturated carbocycles. The molecule has 0 bridgehead atoms. The van der Waals surface area contributed by atoms with Crippen molar-refractivity contribution in [3.8, 4) is 11.1 Å². The molecule has 154 valence electrons. The molecule has 7 heteroatoms. The van der Waals surface area contributed by atoms with E-state index >= 15 is 0 Å². The molecule has 1 aliphatic rings. The summed E-state index contributed by atoms with van der Waals surface area (Å²) in [5.41, 5.74) is 3.67. The SMILES string of the molecule is CC(C)(C)c1cc(N2CCN(CCO)CC2)n2ncc(-c3ccccc3Cl)c2n1. The highest BCUT2D eigenvalue weighted by Crippen LogP contribution is 2.34. The lowest BCUT2D eigenvalue weighted by atomic mass is 9.91. The Kier molecular flexibility index (Phi) is 5.51.